The van der Waals surface area contributed by atoms with Crippen molar-refractivity contribution < 1.29 is 9.84 Å². The lowest BCUT2D eigenvalue weighted by molar-refractivity contribution is 0.117. The van der Waals surface area contributed by atoms with Crippen molar-refractivity contribution in [3.8, 4) is 5.75 Å². The molecule has 0 spiro atoms. The molecular weight excluding hydrogens is 282 g/mol. The first-order valence-corrected chi connectivity index (χ1v) is 8.16. The third kappa shape index (κ3) is 4.99. The molecule has 2 aromatic rings. The fourth-order valence-electron chi connectivity index (χ4n) is 1.97. The van der Waals surface area contributed by atoms with Crippen LogP contribution in [0.1, 0.15) is 5.56 Å². The summed E-state index contributed by atoms with van der Waals surface area (Å²) in [6.45, 7) is 2.76. The number of benzene rings is 2. The Kier molecular flexibility index (Phi) is 5.96. The summed E-state index contributed by atoms with van der Waals surface area (Å²) in [6, 6.07) is 15.9. The minimum absolute atomic E-state index is 0.276. The zero-order valence-corrected chi connectivity index (χ0v) is 13.2. The predicted molar refractivity (Wildman–Crippen MR) is 89.4 cm³/mol. The lowest BCUT2D eigenvalue weighted by Gasteiger charge is -2.15. The van der Waals surface area contributed by atoms with Gasteiger partial charge in [0.15, 0.2) is 0 Å². The van der Waals surface area contributed by atoms with Crippen LogP contribution in [0.5, 0.6) is 5.75 Å². The van der Waals surface area contributed by atoms with Gasteiger partial charge in [0.05, 0.1) is 0 Å². The number of ether oxygens (including phenoxy) is 1. The van der Waals surface area contributed by atoms with Crippen LogP contribution < -0.4 is 10.1 Å². The quantitative estimate of drug-likeness (QED) is 0.767. The molecule has 0 saturated heterocycles. The molecule has 0 radical (unpaired) electrons. The molecule has 1 atom stereocenters. The maximum atomic E-state index is 10.0. The van der Waals surface area contributed by atoms with Gasteiger partial charge in [-0.25, -0.2) is 0 Å². The van der Waals surface area contributed by atoms with Crippen molar-refractivity contribution in [2.24, 2.45) is 0 Å². The lowest BCUT2D eigenvalue weighted by Crippen LogP contribution is -2.26. The van der Waals surface area contributed by atoms with Gasteiger partial charge in [0.25, 0.3) is 0 Å². The van der Waals surface area contributed by atoms with Crippen molar-refractivity contribution >= 4 is 17.4 Å². The van der Waals surface area contributed by atoms with Gasteiger partial charge in [-0.3, -0.25) is 0 Å². The smallest absolute Gasteiger partial charge is 0.119 e. The van der Waals surface area contributed by atoms with Crippen molar-refractivity contribution in [1.82, 2.24) is 0 Å². The van der Waals surface area contributed by atoms with E-state index in [9.17, 15) is 5.11 Å². The molecular formula is C17H21NO2S. The van der Waals surface area contributed by atoms with Crippen LogP contribution in [0.2, 0.25) is 0 Å². The van der Waals surface area contributed by atoms with Gasteiger partial charge >= 0.3 is 0 Å². The van der Waals surface area contributed by atoms with E-state index in [0.717, 1.165) is 17.0 Å². The summed E-state index contributed by atoms with van der Waals surface area (Å²) in [4.78, 5) is 1.17. The van der Waals surface area contributed by atoms with Gasteiger partial charge in [0.1, 0.15) is 18.5 Å². The summed E-state index contributed by atoms with van der Waals surface area (Å²) in [7, 11) is 0. The van der Waals surface area contributed by atoms with Crippen molar-refractivity contribution in [3.05, 3.63) is 54.1 Å². The van der Waals surface area contributed by atoms with Crippen LogP contribution in [-0.2, 0) is 0 Å². The highest BCUT2D eigenvalue weighted by Gasteiger charge is 2.07. The molecule has 0 amide bonds. The molecule has 0 heterocycles. The zero-order chi connectivity index (χ0) is 15.1. The van der Waals surface area contributed by atoms with E-state index in [1.165, 1.54) is 4.90 Å². The minimum Gasteiger partial charge on any atom is -0.491 e. The number of para-hydroxylation sites is 1. The Morgan fingerprint density at radius 3 is 2.76 bits per heavy atom. The van der Waals surface area contributed by atoms with Crippen molar-refractivity contribution in [2.45, 2.75) is 17.9 Å². The van der Waals surface area contributed by atoms with Crippen LogP contribution in [0, 0.1) is 6.92 Å². The fourth-order valence-corrected chi connectivity index (χ4v) is 2.55. The Balaban J connectivity index is 1.81. The van der Waals surface area contributed by atoms with Crippen LogP contribution >= 0.6 is 11.8 Å². The topological polar surface area (TPSA) is 41.5 Å². The summed E-state index contributed by atoms with van der Waals surface area (Å²) in [5, 5.41) is 13.3. The number of rotatable bonds is 7. The molecule has 0 saturated carbocycles. The first kappa shape index (κ1) is 15.7. The maximum Gasteiger partial charge on any atom is 0.119 e. The van der Waals surface area contributed by atoms with Gasteiger partial charge in [-0.15, -0.1) is 11.8 Å². The Labute approximate surface area is 130 Å². The second-order valence-electron chi connectivity index (χ2n) is 4.86. The monoisotopic (exact) mass is 303 g/mol. The van der Waals surface area contributed by atoms with Gasteiger partial charge in [-0.05, 0) is 43.0 Å². The predicted octanol–water partition coefficient (Wildman–Crippen LogP) is 3.57. The molecule has 112 valence electrons. The molecule has 1 unspecified atom stereocenters. The summed E-state index contributed by atoms with van der Waals surface area (Å²) in [5.41, 5.74) is 2.19. The maximum absolute atomic E-state index is 10.0. The summed E-state index contributed by atoms with van der Waals surface area (Å²) in [5.74, 6) is 0.790. The second-order valence-corrected chi connectivity index (χ2v) is 5.71. The Morgan fingerprint density at radius 2 is 2.00 bits per heavy atom. The number of hydrogen-bond donors (Lipinski definition) is 2. The largest absolute Gasteiger partial charge is 0.491 e. The third-order valence-electron chi connectivity index (χ3n) is 3.07. The molecule has 0 aliphatic heterocycles. The van der Waals surface area contributed by atoms with E-state index in [4.69, 9.17) is 4.74 Å². The number of aliphatic hydroxyl groups is 1. The number of nitrogens with one attached hydrogen (secondary N) is 1. The molecule has 0 bridgehead atoms. The molecule has 2 rings (SSSR count). The normalized spacial score (nSPS) is 12.0. The summed E-state index contributed by atoms with van der Waals surface area (Å²) in [6.07, 6.45) is 1.48. The average Bonchev–Trinajstić information content (AvgIpc) is 2.51. The molecule has 0 fully saturated rings. The van der Waals surface area contributed by atoms with Crippen LogP contribution in [0.3, 0.4) is 0 Å². The van der Waals surface area contributed by atoms with Gasteiger partial charge in [0.2, 0.25) is 0 Å². The minimum atomic E-state index is -0.555. The third-order valence-corrected chi connectivity index (χ3v) is 3.86. The van der Waals surface area contributed by atoms with E-state index in [-0.39, 0.29) is 6.61 Å². The molecule has 0 aliphatic carbocycles. The SMILES string of the molecule is CSc1ccccc1NCC(O)COc1cccc(C)c1. The van der Waals surface area contributed by atoms with Gasteiger partial charge in [-0.2, -0.15) is 0 Å². The van der Waals surface area contributed by atoms with E-state index in [2.05, 4.69) is 11.4 Å². The van der Waals surface area contributed by atoms with Gasteiger partial charge < -0.3 is 15.2 Å². The second kappa shape index (κ2) is 7.96. The van der Waals surface area contributed by atoms with Crippen LogP contribution in [-0.4, -0.2) is 30.6 Å². The fraction of sp³-hybridized carbons (Fsp3) is 0.294. The average molecular weight is 303 g/mol. The molecule has 21 heavy (non-hydrogen) atoms. The summed E-state index contributed by atoms with van der Waals surface area (Å²) >= 11 is 1.68. The number of anilines is 1. The van der Waals surface area contributed by atoms with Crippen LogP contribution in [0.4, 0.5) is 5.69 Å². The highest BCUT2D eigenvalue weighted by Crippen LogP contribution is 2.24. The van der Waals surface area contributed by atoms with Crippen LogP contribution in [0.15, 0.2) is 53.4 Å². The number of aryl methyl sites for hydroxylation is 1. The Bertz CT molecular complexity index is 574. The van der Waals surface area contributed by atoms with Crippen LogP contribution in [0.25, 0.3) is 0 Å². The van der Waals surface area contributed by atoms with Crippen molar-refractivity contribution in [1.29, 1.82) is 0 Å². The van der Waals surface area contributed by atoms with E-state index in [0.29, 0.717) is 6.54 Å². The number of hydrogen-bond acceptors (Lipinski definition) is 4. The van der Waals surface area contributed by atoms with E-state index < -0.39 is 6.10 Å². The number of aliphatic hydroxyl groups excluding tert-OH is 1. The van der Waals surface area contributed by atoms with E-state index >= 15 is 0 Å². The van der Waals surface area contributed by atoms with E-state index in [1.807, 2.05) is 55.6 Å². The molecule has 3 nitrogen and oxygen atoms in total. The zero-order valence-electron chi connectivity index (χ0n) is 12.4. The highest BCUT2D eigenvalue weighted by atomic mass is 32.2. The molecule has 2 aromatic carbocycles. The van der Waals surface area contributed by atoms with Crippen molar-refractivity contribution in [2.75, 3.05) is 24.7 Å². The highest BCUT2D eigenvalue weighted by molar-refractivity contribution is 7.98. The Hall–Kier alpha value is -1.65. The standard InChI is InChI=1S/C17H21NO2S/c1-13-6-5-7-15(10-13)20-12-14(19)11-18-16-8-3-4-9-17(16)21-2/h3-10,14,18-19H,11-12H2,1-2H3. The van der Waals surface area contributed by atoms with E-state index in [1.54, 1.807) is 11.8 Å². The van der Waals surface area contributed by atoms with Gasteiger partial charge in [-0.1, -0.05) is 24.3 Å². The summed E-state index contributed by atoms with van der Waals surface area (Å²) < 4.78 is 5.60. The molecule has 0 aliphatic rings. The first-order valence-electron chi connectivity index (χ1n) is 6.93. The molecule has 2 N–H and O–H groups in total. The number of thioether (sulfide) groups is 1. The van der Waals surface area contributed by atoms with Crippen molar-refractivity contribution in [3.63, 3.8) is 0 Å². The molecule has 0 aromatic heterocycles. The van der Waals surface area contributed by atoms with Gasteiger partial charge in [0, 0.05) is 17.1 Å². The Morgan fingerprint density at radius 1 is 1.19 bits per heavy atom. The first-order chi connectivity index (χ1) is 10.2. The molecule has 4 heteroatoms. The lowest BCUT2D eigenvalue weighted by atomic mass is 10.2.